The van der Waals surface area contributed by atoms with Gasteiger partial charge in [-0.2, -0.15) is 5.10 Å². The highest BCUT2D eigenvalue weighted by molar-refractivity contribution is 5.97. The molecule has 1 saturated carbocycles. The second kappa shape index (κ2) is 5.45. The Bertz CT molecular complexity index is 386. The van der Waals surface area contributed by atoms with Gasteiger partial charge in [0.2, 0.25) is 0 Å². The van der Waals surface area contributed by atoms with E-state index in [2.05, 4.69) is 5.10 Å². The number of nitrogens with two attached hydrogens (primary N) is 1. The molecule has 1 aromatic heterocycles. The van der Waals surface area contributed by atoms with Gasteiger partial charge in [-0.05, 0) is 19.8 Å². The number of hydrogen-bond donors (Lipinski definition) is 1. The first-order valence-corrected chi connectivity index (χ1v) is 6.54. The molecule has 4 heteroatoms. The van der Waals surface area contributed by atoms with Gasteiger partial charge in [0.15, 0.2) is 5.78 Å². The van der Waals surface area contributed by atoms with Gasteiger partial charge in [-0.25, -0.2) is 0 Å². The monoisotopic (exact) mass is 235 g/mol. The standard InChI is InChI=1S/C13H21N3O/c1-2-16-9-10(8-15-16)13(17)11-6-4-3-5-7-12(11)14/h8-9,11-12H,2-7,14H2,1H3. The lowest BCUT2D eigenvalue weighted by molar-refractivity contribution is 0.0894. The molecular weight excluding hydrogens is 214 g/mol. The van der Waals surface area contributed by atoms with Crippen LogP contribution in [0.4, 0.5) is 0 Å². The summed E-state index contributed by atoms with van der Waals surface area (Å²) < 4.78 is 1.79. The van der Waals surface area contributed by atoms with Crippen molar-refractivity contribution in [1.82, 2.24) is 9.78 Å². The van der Waals surface area contributed by atoms with Crippen LogP contribution in [0.5, 0.6) is 0 Å². The van der Waals surface area contributed by atoms with E-state index in [-0.39, 0.29) is 17.7 Å². The number of nitrogens with zero attached hydrogens (tertiary/aromatic N) is 2. The number of Topliss-reactive ketones (excluding diaryl/α,β-unsaturated/α-hetero) is 1. The van der Waals surface area contributed by atoms with E-state index in [1.165, 1.54) is 6.42 Å². The summed E-state index contributed by atoms with van der Waals surface area (Å²) in [6, 6.07) is 0.0231. The Hall–Kier alpha value is -1.16. The van der Waals surface area contributed by atoms with Crippen LogP contribution in [-0.2, 0) is 6.54 Å². The number of carbonyl (C=O) groups excluding carboxylic acids is 1. The number of rotatable bonds is 3. The van der Waals surface area contributed by atoms with Crippen LogP contribution in [0.1, 0.15) is 49.4 Å². The minimum Gasteiger partial charge on any atom is -0.327 e. The van der Waals surface area contributed by atoms with Crippen molar-refractivity contribution < 1.29 is 4.79 Å². The van der Waals surface area contributed by atoms with Crippen LogP contribution < -0.4 is 5.73 Å². The second-order valence-electron chi connectivity index (χ2n) is 4.86. The Morgan fingerprint density at radius 3 is 2.94 bits per heavy atom. The molecule has 0 saturated heterocycles. The summed E-state index contributed by atoms with van der Waals surface area (Å²) >= 11 is 0. The molecule has 0 bridgehead atoms. The van der Waals surface area contributed by atoms with E-state index < -0.39 is 0 Å². The molecule has 0 aromatic carbocycles. The van der Waals surface area contributed by atoms with Gasteiger partial charge in [-0.1, -0.05) is 19.3 Å². The normalized spacial score (nSPS) is 25.5. The summed E-state index contributed by atoms with van der Waals surface area (Å²) in [6.45, 7) is 2.81. The summed E-state index contributed by atoms with van der Waals surface area (Å²) in [6.07, 6.45) is 8.87. The minimum atomic E-state index is -0.00740. The van der Waals surface area contributed by atoms with Crippen LogP contribution >= 0.6 is 0 Å². The average molecular weight is 235 g/mol. The number of hydrogen-bond acceptors (Lipinski definition) is 3. The number of aryl methyl sites for hydroxylation is 1. The molecule has 0 spiro atoms. The zero-order chi connectivity index (χ0) is 12.3. The van der Waals surface area contributed by atoms with E-state index >= 15 is 0 Å². The molecule has 1 aliphatic carbocycles. The molecule has 0 radical (unpaired) electrons. The highest BCUT2D eigenvalue weighted by atomic mass is 16.1. The maximum atomic E-state index is 12.4. The molecule has 4 nitrogen and oxygen atoms in total. The number of carbonyl (C=O) groups is 1. The second-order valence-corrected chi connectivity index (χ2v) is 4.86. The molecule has 1 aliphatic rings. The largest absolute Gasteiger partial charge is 0.327 e. The van der Waals surface area contributed by atoms with Crippen molar-refractivity contribution >= 4 is 5.78 Å². The predicted octanol–water partition coefficient (Wildman–Crippen LogP) is 1.99. The summed E-state index contributed by atoms with van der Waals surface area (Å²) in [7, 11) is 0. The molecule has 17 heavy (non-hydrogen) atoms. The summed E-state index contributed by atoms with van der Waals surface area (Å²) in [5, 5.41) is 4.15. The van der Waals surface area contributed by atoms with Gasteiger partial charge >= 0.3 is 0 Å². The number of ketones is 1. The van der Waals surface area contributed by atoms with Gasteiger partial charge in [0, 0.05) is 24.7 Å². The fourth-order valence-corrected chi connectivity index (χ4v) is 2.54. The molecular formula is C13H21N3O. The third-order valence-corrected chi connectivity index (χ3v) is 3.65. The minimum absolute atomic E-state index is 0.00740. The van der Waals surface area contributed by atoms with Crippen LogP contribution in [0.2, 0.25) is 0 Å². The molecule has 2 N–H and O–H groups in total. The van der Waals surface area contributed by atoms with Crippen molar-refractivity contribution in [1.29, 1.82) is 0 Å². The average Bonchev–Trinajstić information content (AvgIpc) is 2.71. The SMILES string of the molecule is CCn1cc(C(=O)C2CCCCCC2N)cn1. The molecule has 2 rings (SSSR count). The smallest absolute Gasteiger partial charge is 0.170 e. The zero-order valence-electron chi connectivity index (χ0n) is 10.4. The quantitative estimate of drug-likeness (QED) is 0.644. The van der Waals surface area contributed by atoms with Crippen molar-refractivity contribution in [3.63, 3.8) is 0 Å². The van der Waals surface area contributed by atoms with E-state index in [0.717, 1.165) is 32.2 Å². The van der Waals surface area contributed by atoms with E-state index in [0.29, 0.717) is 5.56 Å². The van der Waals surface area contributed by atoms with Crippen molar-refractivity contribution in [3.8, 4) is 0 Å². The van der Waals surface area contributed by atoms with Gasteiger partial charge in [-0.15, -0.1) is 0 Å². The maximum absolute atomic E-state index is 12.4. The van der Waals surface area contributed by atoms with Crippen LogP contribution in [0.3, 0.4) is 0 Å². The summed E-state index contributed by atoms with van der Waals surface area (Å²) in [4.78, 5) is 12.4. The predicted molar refractivity (Wildman–Crippen MR) is 66.8 cm³/mol. The first-order valence-electron chi connectivity index (χ1n) is 6.54. The first kappa shape index (κ1) is 12.3. The van der Waals surface area contributed by atoms with Gasteiger partial charge < -0.3 is 5.73 Å². The molecule has 1 fully saturated rings. The van der Waals surface area contributed by atoms with Crippen molar-refractivity contribution in [2.24, 2.45) is 11.7 Å². The molecule has 0 aliphatic heterocycles. The lowest BCUT2D eigenvalue weighted by Gasteiger charge is -2.19. The Morgan fingerprint density at radius 1 is 1.47 bits per heavy atom. The third-order valence-electron chi connectivity index (χ3n) is 3.65. The molecule has 1 heterocycles. The maximum Gasteiger partial charge on any atom is 0.170 e. The highest BCUT2D eigenvalue weighted by Gasteiger charge is 2.28. The van der Waals surface area contributed by atoms with Crippen molar-refractivity contribution in [3.05, 3.63) is 18.0 Å². The van der Waals surface area contributed by atoms with Gasteiger partial charge in [0.1, 0.15) is 0 Å². The van der Waals surface area contributed by atoms with E-state index in [1.54, 1.807) is 10.9 Å². The summed E-state index contributed by atoms with van der Waals surface area (Å²) in [5.74, 6) is 0.172. The molecule has 2 unspecified atom stereocenters. The Kier molecular flexibility index (Phi) is 3.94. The van der Waals surface area contributed by atoms with Gasteiger partial charge in [0.05, 0.1) is 11.8 Å². The van der Waals surface area contributed by atoms with Crippen molar-refractivity contribution in [2.45, 2.75) is 51.6 Å². The highest BCUT2D eigenvalue weighted by Crippen LogP contribution is 2.25. The Morgan fingerprint density at radius 2 is 2.24 bits per heavy atom. The lowest BCUT2D eigenvalue weighted by atomic mass is 9.89. The van der Waals surface area contributed by atoms with E-state index in [1.807, 2.05) is 13.1 Å². The third kappa shape index (κ3) is 2.75. The fraction of sp³-hybridized carbons (Fsp3) is 0.692. The topological polar surface area (TPSA) is 60.9 Å². The summed E-state index contributed by atoms with van der Waals surface area (Å²) in [5.41, 5.74) is 6.83. The van der Waals surface area contributed by atoms with Crippen LogP contribution in [0.25, 0.3) is 0 Å². The van der Waals surface area contributed by atoms with Gasteiger partial charge in [0.25, 0.3) is 0 Å². The lowest BCUT2D eigenvalue weighted by Crippen LogP contribution is -2.34. The fourth-order valence-electron chi connectivity index (χ4n) is 2.54. The van der Waals surface area contributed by atoms with E-state index in [4.69, 9.17) is 5.73 Å². The molecule has 0 amide bonds. The van der Waals surface area contributed by atoms with Crippen LogP contribution in [0.15, 0.2) is 12.4 Å². The Labute approximate surface area is 102 Å². The molecule has 2 atom stereocenters. The van der Waals surface area contributed by atoms with Gasteiger partial charge in [-0.3, -0.25) is 9.48 Å². The molecule has 94 valence electrons. The van der Waals surface area contributed by atoms with Crippen LogP contribution in [0, 0.1) is 5.92 Å². The zero-order valence-corrected chi connectivity index (χ0v) is 10.4. The molecule has 1 aromatic rings. The first-order chi connectivity index (χ1) is 8.22. The Balaban J connectivity index is 2.12. The van der Waals surface area contributed by atoms with Crippen molar-refractivity contribution in [2.75, 3.05) is 0 Å². The van der Waals surface area contributed by atoms with E-state index in [9.17, 15) is 4.79 Å². The van der Waals surface area contributed by atoms with Crippen LogP contribution in [-0.4, -0.2) is 21.6 Å². The number of aromatic nitrogens is 2.